The second-order valence-corrected chi connectivity index (χ2v) is 11.2. The van der Waals surface area contributed by atoms with Gasteiger partial charge in [0.15, 0.2) is 21.7 Å². The van der Waals surface area contributed by atoms with Gasteiger partial charge in [0.2, 0.25) is 0 Å². The van der Waals surface area contributed by atoms with Gasteiger partial charge in [-0.3, -0.25) is 4.72 Å². The number of sulfonamides is 1. The van der Waals surface area contributed by atoms with Crippen molar-refractivity contribution in [2.75, 3.05) is 15.8 Å². The molecule has 4 N–H and O–H groups in total. The van der Waals surface area contributed by atoms with Gasteiger partial charge in [-0.1, -0.05) is 22.9 Å². The van der Waals surface area contributed by atoms with Crippen molar-refractivity contribution >= 4 is 77.9 Å². The molecule has 0 spiro atoms. The molecular formula is C23H14ClF2N9O2S2. The van der Waals surface area contributed by atoms with Gasteiger partial charge >= 0.3 is 0 Å². The number of nitrogens with zero attached hydrogens (tertiary/aromatic N) is 6. The van der Waals surface area contributed by atoms with Crippen LogP contribution in [0.25, 0.3) is 27.9 Å². The minimum Gasteiger partial charge on any atom is -0.397 e. The molecule has 0 aliphatic heterocycles. The normalized spacial score (nSPS) is 11.8. The van der Waals surface area contributed by atoms with Crippen molar-refractivity contribution in [2.24, 2.45) is 0 Å². The molecule has 0 bridgehead atoms. The molecule has 0 aliphatic carbocycles. The molecule has 2 aromatic carbocycles. The Labute approximate surface area is 227 Å². The fraction of sp³-hybridized carbons (Fsp3) is 0. The zero-order valence-electron chi connectivity index (χ0n) is 19.3. The lowest BCUT2D eigenvalue weighted by Crippen LogP contribution is -2.14. The van der Waals surface area contributed by atoms with Crippen molar-refractivity contribution < 1.29 is 17.2 Å². The van der Waals surface area contributed by atoms with Crippen molar-refractivity contribution in [2.45, 2.75) is 4.21 Å². The van der Waals surface area contributed by atoms with Gasteiger partial charge in [-0.05, 0) is 47.8 Å². The number of benzene rings is 2. The summed E-state index contributed by atoms with van der Waals surface area (Å²) in [7, 11) is -4.23. The number of nitrogen functional groups attached to an aromatic ring is 1. The molecule has 4 aromatic heterocycles. The number of anilines is 4. The van der Waals surface area contributed by atoms with Crippen LogP contribution in [0.1, 0.15) is 0 Å². The molecule has 0 saturated heterocycles. The molecular weight excluding hydrogens is 572 g/mol. The van der Waals surface area contributed by atoms with Crippen molar-refractivity contribution in [1.82, 2.24) is 29.9 Å². The van der Waals surface area contributed by atoms with Crippen LogP contribution in [0.3, 0.4) is 0 Å². The maximum atomic E-state index is 15.4. The summed E-state index contributed by atoms with van der Waals surface area (Å²) in [5.74, 6) is -1.91. The number of nitrogens with one attached hydrogen (secondary N) is 2. The predicted molar refractivity (Wildman–Crippen MR) is 144 cm³/mol. The zero-order chi connectivity index (χ0) is 27.3. The van der Waals surface area contributed by atoms with E-state index in [0.717, 1.165) is 23.5 Å². The highest BCUT2D eigenvalue weighted by atomic mass is 35.5. The summed E-state index contributed by atoms with van der Waals surface area (Å²) < 4.78 is 59.0. The van der Waals surface area contributed by atoms with Gasteiger partial charge in [-0.15, -0.1) is 16.4 Å². The quantitative estimate of drug-likeness (QED) is 0.232. The topological polar surface area (TPSA) is 154 Å². The van der Waals surface area contributed by atoms with Crippen molar-refractivity contribution in [3.63, 3.8) is 0 Å². The lowest BCUT2D eigenvalue weighted by molar-refractivity contribution is 0.589. The highest BCUT2D eigenvalue weighted by molar-refractivity contribution is 7.94. The predicted octanol–water partition coefficient (Wildman–Crippen LogP) is 4.88. The Morgan fingerprint density at radius 2 is 1.87 bits per heavy atom. The molecule has 6 rings (SSSR count). The Kier molecular flexibility index (Phi) is 5.97. The van der Waals surface area contributed by atoms with E-state index in [2.05, 4.69) is 35.3 Å². The number of hydrogen-bond acceptors (Lipinski definition) is 10. The largest absolute Gasteiger partial charge is 0.397 e. The number of hydrogen-bond donors (Lipinski definition) is 3. The van der Waals surface area contributed by atoms with E-state index in [1.54, 1.807) is 30.3 Å². The van der Waals surface area contributed by atoms with Crippen LogP contribution >= 0.6 is 22.9 Å². The monoisotopic (exact) mass is 585 g/mol. The van der Waals surface area contributed by atoms with E-state index in [9.17, 15) is 12.8 Å². The first-order chi connectivity index (χ1) is 18.7. The Morgan fingerprint density at radius 3 is 2.67 bits per heavy atom. The van der Waals surface area contributed by atoms with E-state index in [0.29, 0.717) is 28.1 Å². The Hall–Kier alpha value is -4.47. The van der Waals surface area contributed by atoms with Gasteiger partial charge in [0.05, 0.1) is 27.4 Å². The summed E-state index contributed by atoms with van der Waals surface area (Å²) >= 11 is 6.78. The van der Waals surface area contributed by atoms with Gasteiger partial charge in [0.25, 0.3) is 10.0 Å². The van der Waals surface area contributed by atoms with Gasteiger partial charge < -0.3 is 11.1 Å². The second-order valence-electron chi connectivity index (χ2n) is 8.05. The summed E-state index contributed by atoms with van der Waals surface area (Å²) in [4.78, 5) is 12.8. The van der Waals surface area contributed by atoms with E-state index in [4.69, 9.17) is 17.3 Å². The first kappa shape index (κ1) is 24.8. The van der Waals surface area contributed by atoms with Gasteiger partial charge in [-0.2, -0.15) is 4.68 Å². The van der Waals surface area contributed by atoms with Gasteiger partial charge in [0, 0.05) is 0 Å². The average molecular weight is 586 g/mol. The number of pyridine rings is 1. The summed E-state index contributed by atoms with van der Waals surface area (Å²) in [6, 6.07) is 11.7. The summed E-state index contributed by atoms with van der Waals surface area (Å²) in [6.07, 6.45) is 1.19. The van der Waals surface area contributed by atoms with E-state index in [-0.39, 0.29) is 20.6 Å². The zero-order valence-corrected chi connectivity index (χ0v) is 21.7. The molecule has 16 heteroatoms. The van der Waals surface area contributed by atoms with Crippen LogP contribution in [0, 0.1) is 11.6 Å². The number of nitrogens with two attached hydrogens (primary N) is 1. The fourth-order valence-electron chi connectivity index (χ4n) is 3.80. The maximum Gasteiger partial charge on any atom is 0.273 e. The summed E-state index contributed by atoms with van der Waals surface area (Å²) in [5.41, 5.74) is 6.87. The third-order valence-corrected chi connectivity index (χ3v) is 8.99. The molecule has 6 aromatic rings. The third-order valence-electron chi connectivity index (χ3n) is 5.60. The fourth-order valence-corrected chi connectivity index (χ4v) is 6.55. The highest BCUT2D eigenvalue weighted by Crippen LogP contribution is 2.34. The number of thiophene rings is 1. The highest BCUT2D eigenvalue weighted by Gasteiger charge is 2.24. The molecule has 0 atom stereocenters. The molecule has 0 amide bonds. The van der Waals surface area contributed by atoms with Crippen LogP contribution in [0.2, 0.25) is 5.02 Å². The Morgan fingerprint density at radius 1 is 1.03 bits per heavy atom. The lowest BCUT2D eigenvalue weighted by atomic mass is 10.2. The van der Waals surface area contributed by atoms with Crippen LogP contribution in [-0.2, 0) is 10.0 Å². The van der Waals surface area contributed by atoms with E-state index >= 15 is 4.39 Å². The average Bonchev–Trinajstić information content (AvgIpc) is 3.56. The first-order valence-electron chi connectivity index (χ1n) is 11.0. The van der Waals surface area contributed by atoms with Gasteiger partial charge in [0.1, 0.15) is 28.9 Å². The summed E-state index contributed by atoms with van der Waals surface area (Å²) in [5, 5.41) is 12.2. The number of rotatable bonds is 6. The molecule has 11 nitrogen and oxygen atoms in total. The molecule has 196 valence electrons. The third kappa shape index (κ3) is 4.35. The van der Waals surface area contributed by atoms with E-state index in [1.807, 2.05) is 0 Å². The van der Waals surface area contributed by atoms with Crippen LogP contribution in [0.5, 0.6) is 0 Å². The van der Waals surface area contributed by atoms with Crippen LogP contribution in [0.15, 0.2) is 64.4 Å². The number of halogens is 3. The SMILES string of the molecule is Nc1cccc2c1nnn2-c1ccc2ncnc(Nc3c(F)ccc(NS(=O)(=O)c4sccc4Cl)c3F)c2n1. The minimum absolute atomic E-state index is 0.0226. The first-order valence-corrected chi connectivity index (χ1v) is 13.7. The molecule has 0 fully saturated rings. The van der Waals surface area contributed by atoms with Crippen LogP contribution < -0.4 is 15.8 Å². The van der Waals surface area contributed by atoms with Crippen molar-refractivity contribution in [1.29, 1.82) is 0 Å². The Balaban J connectivity index is 1.40. The summed E-state index contributed by atoms with van der Waals surface area (Å²) in [6.45, 7) is 0. The molecule has 0 radical (unpaired) electrons. The van der Waals surface area contributed by atoms with E-state index in [1.165, 1.54) is 22.5 Å². The smallest absolute Gasteiger partial charge is 0.273 e. The maximum absolute atomic E-state index is 15.4. The molecule has 39 heavy (non-hydrogen) atoms. The number of aromatic nitrogens is 6. The lowest BCUT2D eigenvalue weighted by Gasteiger charge is -2.14. The van der Waals surface area contributed by atoms with Crippen molar-refractivity contribution in [3.8, 4) is 5.82 Å². The minimum atomic E-state index is -4.23. The molecule has 0 saturated carbocycles. The Bertz CT molecular complexity index is 2010. The molecule has 0 unspecified atom stereocenters. The standard InChI is InChI=1S/C23H14ClF2N9O2S2/c24-11-8-9-38-23(11)39(36,37)33-14-5-4-12(25)19(18(14)26)31-22-21-15(28-10-29-22)6-7-17(30-21)35-16-3-1-2-13(27)20(16)32-34-35/h1-10,33H,27H2,(H,28,29,31). The molecule has 0 aliphatic rings. The van der Waals surface area contributed by atoms with Crippen molar-refractivity contribution in [3.05, 3.63) is 76.9 Å². The second kappa shape index (κ2) is 9.37. The van der Waals surface area contributed by atoms with Crippen LogP contribution in [-0.4, -0.2) is 38.4 Å². The number of fused-ring (bicyclic) bond motifs is 2. The molecule has 4 heterocycles. The van der Waals surface area contributed by atoms with E-state index < -0.39 is 33.0 Å². The van der Waals surface area contributed by atoms with Crippen LogP contribution in [0.4, 0.5) is 31.7 Å². The van der Waals surface area contributed by atoms with Gasteiger partial charge in [-0.25, -0.2) is 32.2 Å².